The van der Waals surface area contributed by atoms with E-state index in [0.717, 1.165) is 5.56 Å². The summed E-state index contributed by atoms with van der Waals surface area (Å²) in [6.07, 6.45) is 0.542. The second-order valence-electron chi connectivity index (χ2n) is 5.10. The van der Waals surface area contributed by atoms with Gasteiger partial charge in [0.2, 0.25) is 5.89 Å². The molecular formula is C14H20ClN3O3. The van der Waals surface area contributed by atoms with Crippen LogP contribution in [0.1, 0.15) is 31.1 Å². The molecule has 2 N–H and O–H groups in total. The summed E-state index contributed by atoms with van der Waals surface area (Å²) in [6.45, 7) is 3.64. The smallest absolute Gasteiger partial charge is 0.246 e. The lowest BCUT2D eigenvalue weighted by Crippen LogP contribution is -2.29. The quantitative estimate of drug-likeness (QED) is 0.912. The standard InChI is InChI=1S/C14H19N3O3.ClH/c1-14(2,15)13-16-12(17-20-13)8-9-5-6-10(18-3)11(7-9)19-4;/h5-7H,8,15H2,1-4H3;1H. The van der Waals surface area contributed by atoms with Crippen LogP contribution in [0.3, 0.4) is 0 Å². The van der Waals surface area contributed by atoms with Gasteiger partial charge in [-0.3, -0.25) is 0 Å². The molecule has 0 aliphatic heterocycles. The molecule has 7 heteroatoms. The Kier molecular flexibility index (Phi) is 5.57. The number of nitrogens with zero attached hydrogens (tertiary/aromatic N) is 2. The van der Waals surface area contributed by atoms with Crippen LogP contribution in [0, 0.1) is 0 Å². The van der Waals surface area contributed by atoms with Crippen molar-refractivity contribution < 1.29 is 14.0 Å². The number of halogens is 1. The SMILES string of the molecule is COc1ccc(Cc2noc(C(C)(C)N)n2)cc1OC.Cl. The number of hydrogen-bond donors (Lipinski definition) is 1. The number of hydrogen-bond acceptors (Lipinski definition) is 6. The minimum absolute atomic E-state index is 0. The van der Waals surface area contributed by atoms with Gasteiger partial charge in [0, 0.05) is 6.42 Å². The molecule has 0 saturated carbocycles. The molecule has 0 saturated heterocycles. The maximum absolute atomic E-state index is 5.91. The van der Waals surface area contributed by atoms with E-state index in [9.17, 15) is 0 Å². The molecule has 2 rings (SSSR count). The van der Waals surface area contributed by atoms with Crippen LogP contribution in [-0.4, -0.2) is 24.4 Å². The molecule has 1 aromatic carbocycles. The van der Waals surface area contributed by atoms with E-state index >= 15 is 0 Å². The Morgan fingerprint density at radius 2 is 1.86 bits per heavy atom. The number of aromatic nitrogens is 2. The lowest BCUT2D eigenvalue weighted by Gasteiger charge is -2.10. The summed E-state index contributed by atoms with van der Waals surface area (Å²) in [4.78, 5) is 4.30. The van der Waals surface area contributed by atoms with E-state index in [1.54, 1.807) is 14.2 Å². The number of methoxy groups -OCH3 is 2. The first-order valence-electron chi connectivity index (χ1n) is 6.27. The minimum atomic E-state index is -0.636. The fourth-order valence-corrected chi connectivity index (χ4v) is 1.76. The number of rotatable bonds is 5. The molecule has 0 atom stereocenters. The van der Waals surface area contributed by atoms with Crippen LogP contribution < -0.4 is 15.2 Å². The van der Waals surface area contributed by atoms with Gasteiger partial charge in [0.15, 0.2) is 17.3 Å². The molecule has 0 bridgehead atoms. The highest BCUT2D eigenvalue weighted by atomic mass is 35.5. The van der Waals surface area contributed by atoms with Crippen LogP contribution >= 0.6 is 12.4 Å². The largest absolute Gasteiger partial charge is 0.493 e. The second kappa shape index (κ2) is 6.78. The predicted octanol–water partition coefficient (Wildman–Crippen LogP) is 2.29. The molecule has 1 heterocycles. The van der Waals surface area contributed by atoms with E-state index in [-0.39, 0.29) is 12.4 Å². The molecule has 0 fully saturated rings. The third kappa shape index (κ3) is 4.09. The van der Waals surface area contributed by atoms with Gasteiger partial charge in [-0.05, 0) is 31.5 Å². The molecule has 2 aromatic rings. The highest BCUT2D eigenvalue weighted by Crippen LogP contribution is 2.28. The number of nitrogens with two attached hydrogens (primary N) is 1. The van der Waals surface area contributed by atoms with Crippen molar-refractivity contribution in [1.29, 1.82) is 0 Å². The topological polar surface area (TPSA) is 83.4 Å². The van der Waals surface area contributed by atoms with Crippen molar-refractivity contribution in [2.45, 2.75) is 25.8 Å². The Balaban J connectivity index is 0.00000220. The summed E-state index contributed by atoms with van der Waals surface area (Å²) in [5, 5.41) is 3.94. The molecular weight excluding hydrogens is 294 g/mol. The van der Waals surface area contributed by atoms with Crippen molar-refractivity contribution in [2.75, 3.05) is 14.2 Å². The fourth-order valence-electron chi connectivity index (χ4n) is 1.76. The zero-order valence-corrected chi connectivity index (χ0v) is 13.4. The maximum atomic E-state index is 5.91. The van der Waals surface area contributed by atoms with Crippen molar-refractivity contribution in [3.63, 3.8) is 0 Å². The lowest BCUT2D eigenvalue weighted by molar-refractivity contribution is 0.310. The maximum Gasteiger partial charge on any atom is 0.246 e. The van der Waals surface area contributed by atoms with E-state index in [1.807, 2.05) is 32.0 Å². The van der Waals surface area contributed by atoms with Crippen molar-refractivity contribution >= 4 is 12.4 Å². The average Bonchev–Trinajstić information content (AvgIpc) is 2.87. The normalized spacial score (nSPS) is 10.9. The van der Waals surface area contributed by atoms with E-state index in [1.165, 1.54) is 0 Å². The first-order chi connectivity index (χ1) is 9.44. The molecule has 0 unspecified atom stereocenters. The van der Waals surface area contributed by atoms with Crippen molar-refractivity contribution in [1.82, 2.24) is 10.1 Å². The van der Waals surface area contributed by atoms with Crippen LogP contribution in [0.4, 0.5) is 0 Å². The van der Waals surface area contributed by atoms with Crippen LogP contribution in [0.25, 0.3) is 0 Å². The Morgan fingerprint density at radius 1 is 1.19 bits per heavy atom. The third-order valence-corrected chi connectivity index (χ3v) is 2.83. The zero-order chi connectivity index (χ0) is 14.8. The number of benzene rings is 1. The van der Waals surface area contributed by atoms with Crippen molar-refractivity contribution in [3.05, 3.63) is 35.5 Å². The summed E-state index contributed by atoms with van der Waals surface area (Å²) in [6, 6.07) is 5.68. The molecule has 21 heavy (non-hydrogen) atoms. The molecule has 0 radical (unpaired) electrons. The fraction of sp³-hybridized carbons (Fsp3) is 0.429. The highest BCUT2D eigenvalue weighted by molar-refractivity contribution is 5.85. The van der Waals surface area contributed by atoms with E-state index < -0.39 is 5.54 Å². The molecule has 0 spiro atoms. The Labute approximate surface area is 130 Å². The summed E-state index contributed by atoms with van der Waals surface area (Å²) in [7, 11) is 3.21. The average molecular weight is 314 g/mol. The van der Waals surface area contributed by atoms with Gasteiger partial charge < -0.3 is 19.7 Å². The van der Waals surface area contributed by atoms with Gasteiger partial charge in [-0.25, -0.2) is 0 Å². The summed E-state index contributed by atoms with van der Waals surface area (Å²) in [5.74, 6) is 2.37. The highest BCUT2D eigenvalue weighted by Gasteiger charge is 2.22. The van der Waals surface area contributed by atoms with E-state index in [2.05, 4.69) is 10.1 Å². The van der Waals surface area contributed by atoms with E-state index in [4.69, 9.17) is 19.7 Å². The van der Waals surface area contributed by atoms with Gasteiger partial charge in [0.1, 0.15) is 0 Å². The monoisotopic (exact) mass is 313 g/mol. The third-order valence-electron chi connectivity index (χ3n) is 2.83. The minimum Gasteiger partial charge on any atom is -0.493 e. The predicted molar refractivity (Wildman–Crippen MR) is 81.1 cm³/mol. The van der Waals surface area contributed by atoms with Crippen molar-refractivity contribution in [3.8, 4) is 11.5 Å². The van der Waals surface area contributed by atoms with Crippen molar-refractivity contribution in [2.24, 2.45) is 5.73 Å². The Bertz CT molecular complexity index is 593. The summed E-state index contributed by atoms with van der Waals surface area (Å²) < 4.78 is 15.6. The molecule has 0 aliphatic carbocycles. The first kappa shape index (κ1) is 17.3. The number of ether oxygens (including phenoxy) is 2. The second-order valence-corrected chi connectivity index (χ2v) is 5.10. The van der Waals surface area contributed by atoms with Crippen LogP contribution in [0.5, 0.6) is 11.5 Å². The Hall–Kier alpha value is -1.79. The summed E-state index contributed by atoms with van der Waals surface area (Å²) in [5.41, 5.74) is 6.28. The Morgan fingerprint density at radius 3 is 2.38 bits per heavy atom. The summed E-state index contributed by atoms with van der Waals surface area (Å²) >= 11 is 0. The molecule has 116 valence electrons. The van der Waals surface area contributed by atoms with Gasteiger partial charge >= 0.3 is 0 Å². The van der Waals surface area contributed by atoms with Gasteiger partial charge in [-0.1, -0.05) is 11.2 Å². The van der Waals surface area contributed by atoms with Crippen LogP contribution in [0.2, 0.25) is 0 Å². The van der Waals surface area contributed by atoms with Crippen LogP contribution in [0.15, 0.2) is 22.7 Å². The van der Waals surface area contributed by atoms with Crippen LogP contribution in [-0.2, 0) is 12.0 Å². The first-order valence-corrected chi connectivity index (χ1v) is 6.27. The van der Waals surface area contributed by atoms with Gasteiger partial charge in [0.05, 0.1) is 19.8 Å². The molecule has 6 nitrogen and oxygen atoms in total. The zero-order valence-electron chi connectivity index (χ0n) is 12.5. The van der Waals surface area contributed by atoms with E-state index in [0.29, 0.717) is 29.6 Å². The lowest BCUT2D eigenvalue weighted by atomic mass is 10.1. The van der Waals surface area contributed by atoms with Gasteiger partial charge in [0.25, 0.3) is 0 Å². The molecule has 0 amide bonds. The molecule has 1 aromatic heterocycles. The molecule has 0 aliphatic rings. The van der Waals surface area contributed by atoms with Gasteiger partial charge in [-0.15, -0.1) is 12.4 Å². The van der Waals surface area contributed by atoms with Gasteiger partial charge in [-0.2, -0.15) is 4.98 Å².